The van der Waals surface area contributed by atoms with Crippen molar-refractivity contribution < 1.29 is 8.42 Å². The molecule has 0 bridgehead atoms. The van der Waals surface area contributed by atoms with Crippen LogP contribution in [0.3, 0.4) is 0 Å². The topological polar surface area (TPSA) is 52.0 Å². The first kappa shape index (κ1) is 13.6. The van der Waals surface area contributed by atoms with Gasteiger partial charge in [-0.3, -0.25) is 0 Å². The fourth-order valence-electron chi connectivity index (χ4n) is 2.58. The first-order valence-corrected chi connectivity index (χ1v) is 8.68. The van der Waals surface area contributed by atoms with Gasteiger partial charge >= 0.3 is 0 Å². The van der Waals surface area contributed by atoms with Gasteiger partial charge in [-0.1, -0.05) is 41.9 Å². The van der Waals surface area contributed by atoms with E-state index in [9.17, 15) is 8.42 Å². The van der Waals surface area contributed by atoms with Crippen LogP contribution in [0.15, 0.2) is 30.3 Å². The fourth-order valence-corrected chi connectivity index (χ4v) is 4.53. The highest BCUT2D eigenvalue weighted by Gasteiger charge is 2.32. The molecule has 1 aromatic heterocycles. The summed E-state index contributed by atoms with van der Waals surface area (Å²) in [6.07, 6.45) is 0.581. The molecule has 4 nitrogen and oxygen atoms in total. The van der Waals surface area contributed by atoms with Crippen molar-refractivity contribution in [1.29, 1.82) is 0 Å². The summed E-state index contributed by atoms with van der Waals surface area (Å²) in [5.74, 6) is 0.343. The average Bonchev–Trinajstić information content (AvgIpc) is 2.93. The van der Waals surface area contributed by atoms with Crippen molar-refractivity contribution in [2.45, 2.75) is 19.4 Å². The van der Waals surface area contributed by atoms with E-state index in [-0.39, 0.29) is 17.5 Å². The Bertz CT molecular complexity index is 738. The molecule has 0 radical (unpaired) electrons. The molecule has 2 aromatic rings. The van der Waals surface area contributed by atoms with Gasteiger partial charge < -0.3 is 0 Å². The Balaban J connectivity index is 2.03. The summed E-state index contributed by atoms with van der Waals surface area (Å²) in [6.45, 7) is 1.91. The third kappa shape index (κ3) is 2.36. The Hall–Kier alpha value is -1.33. The van der Waals surface area contributed by atoms with E-state index >= 15 is 0 Å². The second-order valence-electron chi connectivity index (χ2n) is 5.13. The van der Waals surface area contributed by atoms with Crippen molar-refractivity contribution >= 4 is 21.4 Å². The zero-order valence-corrected chi connectivity index (χ0v) is 12.7. The van der Waals surface area contributed by atoms with Crippen LogP contribution in [-0.4, -0.2) is 29.7 Å². The lowest BCUT2D eigenvalue weighted by atomic mass is 10.1. The van der Waals surface area contributed by atoms with Crippen LogP contribution in [0, 0.1) is 6.92 Å². The first-order valence-electron chi connectivity index (χ1n) is 6.48. The Morgan fingerprint density at radius 1 is 1.30 bits per heavy atom. The van der Waals surface area contributed by atoms with E-state index in [0.29, 0.717) is 11.6 Å². The monoisotopic (exact) mass is 310 g/mol. The van der Waals surface area contributed by atoms with E-state index in [1.54, 1.807) is 4.68 Å². The molecule has 20 heavy (non-hydrogen) atoms. The molecular formula is C14H15ClN2O2S. The van der Waals surface area contributed by atoms with E-state index in [1.165, 1.54) is 0 Å². The largest absolute Gasteiger partial charge is 0.249 e. The van der Waals surface area contributed by atoms with E-state index in [4.69, 9.17) is 11.6 Å². The molecule has 1 unspecified atom stereocenters. The van der Waals surface area contributed by atoms with E-state index in [2.05, 4.69) is 5.10 Å². The Morgan fingerprint density at radius 3 is 2.60 bits per heavy atom. The van der Waals surface area contributed by atoms with Crippen molar-refractivity contribution in [2.24, 2.45) is 0 Å². The predicted molar refractivity (Wildman–Crippen MR) is 79.7 cm³/mol. The van der Waals surface area contributed by atoms with Gasteiger partial charge in [0.1, 0.15) is 5.15 Å². The fraction of sp³-hybridized carbons (Fsp3) is 0.357. The molecule has 6 heteroatoms. The van der Waals surface area contributed by atoms with Gasteiger partial charge in [0.25, 0.3) is 0 Å². The normalized spacial score (nSPS) is 21.2. The van der Waals surface area contributed by atoms with Crippen LogP contribution in [0.5, 0.6) is 0 Å². The first-order chi connectivity index (χ1) is 9.48. The van der Waals surface area contributed by atoms with Gasteiger partial charge in [-0.2, -0.15) is 5.10 Å². The third-order valence-corrected chi connectivity index (χ3v) is 5.88. The van der Waals surface area contributed by atoms with Crippen LogP contribution in [0.1, 0.15) is 18.0 Å². The summed E-state index contributed by atoms with van der Waals surface area (Å²) >= 11 is 6.34. The van der Waals surface area contributed by atoms with E-state index in [1.807, 2.05) is 37.3 Å². The number of halogens is 1. The zero-order valence-electron chi connectivity index (χ0n) is 11.1. The van der Waals surface area contributed by atoms with Crippen molar-refractivity contribution in [1.82, 2.24) is 9.78 Å². The lowest BCUT2D eigenvalue weighted by Crippen LogP contribution is -2.12. The second-order valence-corrected chi connectivity index (χ2v) is 7.72. The molecule has 0 amide bonds. The third-order valence-electron chi connectivity index (χ3n) is 3.68. The minimum atomic E-state index is -2.95. The molecule has 0 aliphatic carbocycles. The van der Waals surface area contributed by atoms with Gasteiger partial charge in [0.15, 0.2) is 9.84 Å². The molecule has 106 valence electrons. The Morgan fingerprint density at radius 2 is 2.00 bits per heavy atom. The van der Waals surface area contributed by atoms with E-state index in [0.717, 1.165) is 16.8 Å². The summed E-state index contributed by atoms with van der Waals surface area (Å²) in [5.41, 5.74) is 2.70. The number of nitrogens with zero attached hydrogens (tertiary/aromatic N) is 2. The molecule has 0 N–H and O–H groups in total. The molecule has 0 spiro atoms. The van der Waals surface area contributed by atoms with Crippen LogP contribution >= 0.6 is 11.6 Å². The van der Waals surface area contributed by atoms with Crippen LogP contribution in [0.25, 0.3) is 11.3 Å². The lowest BCUT2D eigenvalue weighted by molar-refractivity contribution is 0.501. The van der Waals surface area contributed by atoms with Crippen molar-refractivity contribution in [2.75, 3.05) is 11.5 Å². The minimum absolute atomic E-state index is 0.127. The van der Waals surface area contributed by atoms with Crippen molar-refractivity contribution in [3.05, 3.63) is 41.0 Å². The number of sulfone groups is 1. The Kier molecular flexibility index (Phi) is 3.34. The standard InChI is InChI=1S/C14H15ClN2O2S/c1-10-13(11-5-3-2-4-6-11)16-17(14(10)15)12-7-8-20(18,19)9-12/h2-6,12H,7-9H2,1H3. The molecule has 1 aliphatic rings. The molecular weight excluding hydrogens is 296 g/mol. The van der Waals surface area contributed by atoms with Gasteiger partial charge in [-0.05, 0) is 13.3 Å². The molecule has 1 saturated heterocycles. The second kappa shape index (κ2) is 4.90. The van der Waals surface area contributed by atoms with Crippen LogP contribution in [0.4, 0.5) is 0 Å². The van der Waals surface area contributed by atoms with Crippen molar-refractivity contribution in [3.63, 3.8) is 0 Å². The maximum Gasteiger partial charge on any atom is 0.152 e. The summed E-state index contributed by atoms with van der Waals surface area (Å²) < 4.78 is 24.9. The SMILES string of the molecule is Cc1c(-c2ccccc2)nn(C2CCS(=O)(=O)C2)c1Cl. The molecule has 2 heterocycles. The maximum absolute atomic E-state index is 11.6. The molecule has 1 aromatic carbocycles. The van der Waals surface area contributed by atoms with Crippen LogP contribution in [-0.2, 0) is 9.84 Å². The van der Waals surface area contributed by atoms with Crippen molar-refractivity contribution in [3.8, 4) is 11.3 Å². The van der Waals surface area contributed by atoms with Gasteiger partial charge in [0.2, 0.25) is 0 Å². The summed E-state index contributed by atoms with van der Waals surface area (Å²) in [7, 11) is -2.95. The number of rotatable bonds is 2. The average molecular weight is 311 g/mol. The highest BCUT2D eigenvalue weighted by atomic mass is 35.5. The quantitative estimate of drug-likeness (QED) is 0.857. The summed E-state index contributed by atoms with van der Waals surface area (Å²) in [5, 5.41) is 5.08. The number of hydrogen-bond acceptors (Lipinski definition) is 3. The summed E-state index contributed by atoms with van der Waals surface area (Å²) in [6, 6.07) is 9.64. The van der Waals surface area contributed by atoms with Gasteiger partial charge in [-0.25, -0.2) is 13.1 Å². The number of hydrogen-bond donors (Lipinski definition) is 0. The molecule has 1 aliphatic heterocycles. The minimum Gasteiger partial charge on any atom is -0.249 e. The molecule has 0 saturated carbocycles. The number of aromatic nitrogens is 2. The van der Waals surface area contributed by atoms with Gasteiger partial charge in [0.05, 0.1) is 23.2 Å². The number of benzene rings is 1. The molecule has 3 rings (SSSR count). The predicted octanol–water partition coefficient (Wildman–Crippen LogP) is 2.87. The summed E-state index contributed by atoms with van der Waals surface area (Å²) in [4.78, 5) is 0. The maximum atomic E-state index is 11.6. The zero-order chi connectivity index (χ0) is 14.3. The van der Waals surface area contributed by atoms with Gasteiger partial charge in [0, 0.05) is 11.1 Å². The molecule has 1 atom stereocenters. The van der Waals surface area contributed by atoms with E-state index < -0.39 is 9.84 Å². The smallest absolute Gasteiger partial charge is 0.152 e. The van der Waals surface area contributed by atoms with Gasteiger partial charge in [-0.15, -0.1) is 0 Å². The lowest BCUT2D eigenvalue weighted by Gasteiger charge is -2.09. The molecule has 1 fully saturated rings. The highest BCUT2D eigenvalue weighted by molar-refractivity contribution is 7.91. The highest BCUT2D eigenvalue weighted by Crippen LogP contribution is 2.33. The Labute approximate surface area is 123 Å². The van der Waals surface area contributed by atoms with Crippen LogP contribution < -0.4 is 0 Å². The van der Waals surface area contributed by atoms with Crippen LogP contribution in [0.2, 0.25) is 5.15 Å².